The van der Waals surface area contributed by atoms with E-state index >= 15 is 0 Å². The highest BCUT2D eigenvalue weighted by Gasteiger charge is 2.17. The number of carbonyl (C=O) groups is 1. The lowest BCUT2D eigenvalue weighted by Crippen LogP contribution is -2.22. The smallest absolute Gasteiger partial charge is 0.261 e. The van der Waals surface area contributed by atoms with Gasteiger partial charge in [-0.15, -0.1) is 0 Å². The van der Waals surface area contributed by atoms with Gasteiger partial charge in [-0.2, -0.15) is 5.26 Å². The Balaban J connectivity index is 4.79. The van der Waals surface area contributed by atoms with Gasteiger partial charge < -0.3 is 10.4 Å². The van der Waals surface area contributed by atoms with Crippen molar-refractivity contribution in [1.82, 2.24) is 5.32 Å². The maximum absolute atomic E-state index is 11.1. The average Bonchev–Trinajstić information content (AvgIpc) is 2.13. The van der Waals surface area contributed by atoms with Gasteiger partial charge in [0.2, 0.25) is 0 Å². The largest absolute Gasteiger partial charge is 0.395 e. The van der Waals surface area contributed by atoms with Crippen LogP contribution in [0, 0.1) is 16.7 Å². The molecule has 0 heterocycles. The zero-order valence-corrected chi connectivity index (χ0v) is 8.09. The summed E-state index contributed by atoms with van der Waals surface area (Å²) < 4.78 is 0. The van der Waals surface area contributed by atoms with E-state index in [-0.39, 0.29) is 12.2 Å². The minimum atomic E-state index is -0.544. The number of amides is 1. The molecule has 0 aromatic rings. The van der Waals surface area contributed by atoms with E-state index in [0.717, 1.165) is 0 Å². The molecule has 0 spiro atoms. The lowest BCUT2D eigenvalue weighted by molar-refractivity contribution is -0.116. The van der Waals surface area contributed by atoms with Crippen LogP contribution in [0.2, 0.25) is 0 Å². The molecule has 0 saturated heterocycles. The van der Waals surface area contributed by atoms with Gasteiger partial charge in [0.25, 0.3) is 5.91 Å². The molecule has 0 bridgehead atoms. The van der Waals surface area contributed by atoms with Crippen molar-refractivity contribution in [3.63, 3.8) is 0 Å². The van der Waals surface area contributed by atoms with Crippen LogP contribution in [-0.4, -0.2) is 24.7 Å². The fourth-order valence-corrected chi connectivity index (χ4v) is 0.720. The van der Waals surface area contributed by atoms with Gasteiger partial charge in [0.1, 0.15) is 11.6 Å². The average molecular weight is 182 g/mol. The normalized spacial score (nSPS) is 12.1. The molecule has 4 nitrogen and oxygen atoms in total. The maximum atomic E-state index is 11.1. The monoisotopic (exact) mass is 182 g/mol. The Morgan fingerprint density at radius 2 is 2.23 bits per heavy atom. The molecule has 2 N–H and O–H groups in total. The van der Waals surface area contributed by atoms with E-state index in [1.165, 1.54) is 13.1 Å². The molecule has 0 aliphatic carbocycles. The first-order chi connectivity index (χ1) is 5.96. The molecular weight excluding hydrogens is 168 g/mol. The van der Waals surface area contributed by atoms with E-state index < -0.39 is 11.3 Å². The van der Waals surface area contributed by atoms with Crippen molar-refractivity contribution in [2.24, 2.45) is 5.41 Å². The highest BCUT2D eigenvalue weighted by Crippen LogP contribution is 2.17. The first-order valence-electron chi connectivity index (χ1n) is 3.92. The van der Waals surface area contributed by atoms with Crippen molar-refractivity contribution in [2.45, 2.75) is 13.8 Å². The molecule has 72 valence electrons. The predicted octanol–water partition coefficient (Wildman–Crippen LogP) is 0.201. The summed E-state index contributed by atoms with van der Waals surface area (Å²) in [6, 6.07) is 1.78. The fraction of sp³-hybridized carbons (Fsp3) is 0.556. The summed E-state index contributed by atoms with van der Waals surface area (Å²) in [6.07, 6.45) is 1.46. The lowest BCUT2D eigenvalue weighted by atomic mass is 9.92. The number of nitrogens with one attached hydrogen (secondary N) is 1. The summed E-state index contributed by atoms with van der Waals surface area (Å²) in [7, 11) is 1.46. The van der Waals surface area contributed by atoms with Crippen LogP contribution in [0.3, 0.4) is 0 Å². The molecule has 0 saturated carbocycles. The predicted molar refractivity (Wildman–Crippen MR) is 48.6 cm³/mol. The van der Waals surface area contributed by atoms with Gasteiger partial charge in [0.05, 0.1) is 6.61 Å². The van der Waals surface area contributed by atoms with Crippen LogP contribution in [-0.2, 0) is 4.79 Å². The maximum Gasteiger partial charge on any atom is 0.261 e. The summed E-state index contributed by atoms with van der Waals surface area (Å²) in [5, 5.41) is 19.9. The molecule has 0 radical (unpaired) electrons. The van der Waals surface area contributed by atoms with E-state index in [9.17, 15) is 4.79 Å². The molecule has 0 aromatic heterocycles. The molecular formula is C9H14N2O2. The highest BCUT2D eigenvalue weighted by atomic mass is 16.3. The Kier molecular flexibility index (Phi) is 4.15. The topological polar surface area (TPSA) is 73.1 Å². The quantitative estimate of drug-likeness (QED) is 0.483. The molecule has 0 aliphatic rings. The van der Waals surface area contributed by atoms with Gasteiger partial charge in [-0.1, -0.05) is 19.9 Å². The van der Waals surface area contributed by atoms with Gasteiger partial charge in [-0.05, 0) is 0 Å². The lowest BCUT2D eigenvalue weighted by Gasteiger charge is -2.16. The Bertz CT molecular complexity index is 261. The molecule has 13 heavy (non-hydrogen) atoms. The zero-order chi connectivity index (χ0) is 10.5. The fourth-order valence-electron chi connectivity index (χ4n) is 0.720. The standard InChI is InChI=1S/C9H14N2O2/c1-9(2,6-12)4-7(5-10)8(13)11-3/h4,12H,6H2,1-3H3,(H,11,13)/b7-4+. The number of likely N-dealkylation sites (N-methyl/N-ethyl adjacent to an activating group) is 1. The van der Waals surface area contributed by atoms with Crippen LogP contribution >= 0.6 is 0 Å². The van der Waals surface area contributed by atoms with Crippen molar-refractivity contribution in [3.05, 3.63) is 11.6 Å². The first-order valence-corrected chi connectivity index (χ1v) is 3.92. The van der Waals surface area contributed by atoms with Gasteiger partial charge in [0, 0.05) is 12.5 Å². The van der Waals surface area contributed by atoms with Gasteiger partial charge in [0.15, 0.2) is 0 Å². The third-order valence-corrected chi connectivity index (χ3v) is 1.53. The molecule has 4 heteroatoms. The van der Waals surface area contributed by atoms with E-state index in [1.54, 1.807) is 19.9 Å². The third-order valence-electron chi connectivity index (χ3n) is 1.53. The summed E-state index contributed by atoms with van der Waals surface area (Å²) in [5.41, 5.74) is -0.515. The van der Waals surface area contributed by atoms with Crippen LogP contribution in [0.5, 0.6) is 0 Å². The molecule has 0 aromatic carbocycles. The van der Waals surface area contributed by atoms with Gasteiger partial charge in [-0.25, -0.2) is 0 Å². The van der Waals surface area contributed by atoms with E-state index in [0.29, 0.717) is 0 Å². The van der Waals surface area contributed by atoms with Gasteiger partial charge >= 0.3 is 0 Å². The van der Waals surface area contributed by atoms with Crippen LogP contribution in [0.4, 0.5) is 0 Å². The summed E-state index contributed by atoms with van der Waals surface area (Å²) in [6.45, 7) is 3.38. The molecule has 0 atom stereocenters. The molecule has 0 aliphatic heterocycles. The highest BCUT2D eigenvalue weighted by molar-refractivity contribution is 5.97. The Labute approximate surface area is 77.9 Å². The summed E-state index contributed by atoms with van der Waals surface area (Å²) in [4.78, 5) is 11.1. The molecule has 1 amide bonds. The second-order valence-electron chi connectivity index (χ2n) is 3.40. The second-order valence-corrected chi connectivity index (χ2v) is 3.40. The number of nitriles is 1. The SMILES string of the molecule is CNC(=O)/C(C#N)=C/C(C)(C)CO. The Hall–Kier alpha value is -1.34. The van der Waals surface area contributed by atoms with Crippen molar-refractivity contribution >= 4 is 5.91 Å². The minimum Gasteiger partial charge on any atom is -0.395 e. The van der Waals surface area contributed by atoms with E-state index in [2.05, 4.69) is 5.32 Å². The number of nitrogens with zero attached hydrogens (tertiary/aromatic N) is 1. The number of aliphatic hydroxyl groups is 1. The van der Waals surface area contributed by atoms with E-state index in [1.807, 2.05) is 0 Å². The number of hydrogen-bond donors (Lipinski definition) is 2. The Morgan fingerprint density at radius 3 is 2.54 bits per heavy atom. The van der Waals surface area contributed by atoms with Crippen LogP contribution < -0.4 is 5.32 Å². The zero-order valence-electron chi connectivity index (χ0n) is 8.09. The number of carbonyl (C=O) groups excluding carboxylic acids is 1. The van der Waals surface area contributed by atoms with Gasteiger partial charge in [-0.3, -0.25) is 4.79 Å². The van der Waals surface area contributed by atoms with Crippen LogP contribution in [0.25, 0.3) is 0 Å². The van der Waals surface area contributed by atoms with E-state index in [4.69, 9.17) is 10.4 Å². The minimum absolute atomic E-state index is 0.0292. The second kappa shape index (κ2) is 4.63. The van der Waals surface area contributed by atoms with Crippen LogP contribution in [0.1, 0.15) is 13.8 Å². The molecule has 0 rings (SSSR count). The van der Waals surface area contributed by atoms with Crippen molar-refractivity contribution in [3.8, 4) is 6.07 Å². The number of hydrogen-bond acceptors (Lipinski definition) is 3. The summed E-state index contributed by atoms with van der Waals surface area (Å²) >= 11 is 0. The van der Waals surface area contributed by atoms with Crippen molar-refractivity contribution < 1.29 is 9.90 Å². The first kappa shape index (κ1) is 11.7. The van der Waals surface area contributed by atoms with Crippen molar-refractivity contribution in [2.75, 3.05) is 13.7 Å². The number of rotatable bonds is 3. The molecule has 0 fully saturated rings. The van der Waals surface area contributed by atoms with Crippen LogP contribution in [0.15, 0.2) is 11.6 Å². The summed E-state index contributed by atoms with van der Waals surface area (Å²) in [5.74, 6) is -0.427. The third kappa shape index (κ3) is 3.72. The van der Waals surface area contributed by atoms with Crippen molar-refractivity contribution in [1.29, 1.82) is 5.26 Å². The Morgan fingerprint density at radius 1 is 1.69 bits per heavy atom. The molecule has 0 unspecified atom stereocenters. The number of aliphatic hydroxyl groups excluding tert-OH is 1.